The molecule has 0 aromatic heterocycles. The van der Waals surface area contributed by atoms with Crippen LogP contribution in [0.15, 0.2) is 18.2 Å². The fourth-order valence-electron chi connectivity index (χ4n) is 1.34. The van der Waals surface area contributed by atoms with E-state index in [2.05, 4.69) is 0 Å². The Labute approximate surface area is 120 Å². The van der Waals surface area contributed by atoms with E-state index in [-0.39, 0.29) is 5.75 Å². The quantitative estimate of drug-likeness (QED) is 0.863. The van der Waals surface area contributed by atoms with Gasteiger partial charge in [-0.2, -0.15) is 0 Å². The summed E-state index contributed by atoms with van der Waals surface area (Å²) in [6.07, 6.45) is 0. The molecule has 0 aliphatic carbocycles. The third-order valence-corrected chi connectivity index (χ3v) is 3.32. The van der Waals surface area contributed by atoms with Crippen LogP contribution >= 0.6 is 0 Å². The molecule has 1 aromatic carbocycles. The molecule has 4 heteroatoms. The predicted octanol–water partition coefficient (Wildman–Crippen LogP) is 3.79. The largest absolute Gasteiger partial charge is 0.490 e. The van der Waals surface area contributed by atoms with Crippen molar-refractivity contribution >= 4 is 0 Å². The maximum absolute atomic E-state index is 13.9. The Kier molecular flexibility index (Phi) is 5.03. The van der Waals surface area contributed by atoms with E-state index in [1.807, 2.05) is 13.8 Å². The first-order valence-corrected chi connectivity index (χ1v) is 6.86. The lowest BCUT2D eigenvalue weighted by molar-refractivity contribution is -0.0907. The summed E-state index contributed by atoms with van der Waals surface area (Å²) in [6.45, 7) is 11.3. The second-order valence-electron chi connectivity index (χ2n) is 6.47. The minimum Gasteiger partial charge on any atom is -0.490 e. The van der Waals surface area contributed by atoms with Crippen LogP contribution in [0.3, 0.4) is 0 Å². The first-order chi connectivity index (χ1) is 9.03. The molecule has 0 unspecified atom stereocenters. The first kappa shape index (κ1) is 16.8. The normalized spacial score (nSPS) is 12.7. The summed E-state index contributed by atoms with van der Waals surface area (Å²) in [5, 5.41) is 10.0. The summed E-state index contributed by atoms with van der Waals surface area (Å²) in [6, 6.07) is 4.48. The molecule has 20 heavy (non-hydrogen) atoms. The van der Waals surface area contributed by atoms with Gasteiger partial charge < -0.3 is 14.6 Å². The second-order valence-corrected chi connectivity index (χ2v) is 6.47. The molecule has 0 radical (unpaired) electrons. The van der Waals surface area contributed by atoms with E-state index in [4.69, 9.17) is 9.47 Å². The van der Waals surface area contributed by atoms with Crippen LogP contribution in [0.1, 0.15) is 41.5 Å². The smallest absolute Gasteiger partial charge is 0.168 e. The van der Waals surface area contributed by atoms with Gasteiger partial charge in [-0.1, -0.05) is 13.8 Å². The van der Waals surface area contributed by atoms with Gasteiger partial charge in [-0.15, -0.1) is 0 Å². The van der Waals surface area contributed by atoms with E-state index in [0.717, 1.165) is 0 Å². The molecule has 114 valence electrons. The molecule has 0 heterocycles. The molecule has 1 aromatic rings. The first-order valence-electron chi connectivity index (χ1n) is 6.86. The van der Waals surface area contributed by atoms with Gasteiger partial charge in [0.15, 0.2) is 11.6 Å². The topological polar surface area (TPSA) is 38.7 Å². The van der Waals surface area contributed by atoms with Crippen molar-refractivity contribution in [1.29, 1.82) is 0 Å². The molecular formula is C16H25FO3. The Morgan fingerprint density at radius 2 is 1.80 bits per heavy atom. The van der Waals surface area contributed by atoms with Crippen molar-refractivity contribution in [3.63, 3.8) is 0 Å². The molecule has 0 aliphatic heterocycles. The van der Waals surface area contributed by atoms with Crippen molar-refractivity contribution in [3.05, 3.63) is 24.0 Å². The van der Waals surface area contributed by atoms with Gasteiger partial charge in [0.05, 0.1) is 12.2 Å². The zero-order valence-electron chi connectivity index (χ0n) is 13.2. The third kappa shape index (κ3) is 4.37. The molecule has 0 saturated carbocycles. The Morgan fingerprint density at radius 3 is 2.25 bits per heavy atom. The van der Waals surface area contributed by atoms with Crippen LogP contribution in [0.2, 0.25) is 0 Å². The zero-order valence-corrected chi connectivity index (χ0v) is 13.2. The highest BCUT2D eigenvalue weighted by Gasteiger charge is 2.37. The predicted molar refractivity (Wildman–Crippen MR) is 77.7 cm³/mol. The maximum Gasteiger partial charge on any atom is 0.168 e. The molecule has 0 fully saturated rings. The van der Waals surface area contributed by atoms with Gasteiger partial charge in [-0.25, -0.2) is 4.39 Å². The highest BCUT2D eigenvalue weighted by atomic mass is 19.1. The molecule has 0 bridgehead atoms. The standard InChI is InChI=1S/C16H25FO3/c1-11(2)10-19-14-8-7-12(9-13(14)17)20-16(5,6)15(3,4)18/h7-9,11,18H,10H2,1-6H3. The Morgan fingerprint density at radius 1 is 1.20 bits per heavy atom. The Balaban J connectivity index is 2.83. The Hall–Kier alpha value is -1.29. The zero-order chi connectivity index (χ0) is 15.6. The average Bonchev–Trinajstić information content (AvgIpc) is 2.25. The molecule has 1 N–H and O–H groups in total. The van der Waals surface area contributed by atoms with Gasteiger partial charge in [0.25, 0.3) is 0 Å². The van der Waals surface area contributed by atoms with Crippen molar-refractivity contribution < 1.29 is 19.0 Å². The van der Waals surface area contributed by atoms with Crippen molar-refractivity contribution in [2.45, 2.75) is 52.7 Å². The second kappa shape index (κ2) is 6.00. The van der Waals surface area contributed by atoms with E-state index in [9.17, 15) is 9.50 Å². The summed E-state index contributed by atoms with van der Waals surface area (Å²) in [4.78, 5) is 0. The molecule has 0 saturated heterocycles. The van der Waals surface area contributed by atoms with Crippen LogP contribution in [0.5, 0.6) is 11.5 Å². The van der Waals surface area contributed by atoms with E-state index in [1.54, 1.807) is 39.8 Å². The van der Waals surface area contributed by atoms with Gasteiger partial charge >= 0.3 is 0 Å². The minimum atomic E-state index is -1.05. The monoisotopic (exact) mass is 284 g/mol. The molecule has 0 amide bonds. The summed E-state index contributed by atoms with van der Waals surface area (Å²) in [7, 11) is 0. The van der Waals surface area contributed by atoms with Gasteiger partial charge in [0.2, 0.25) is 0 Å². The summed E-state index contributed by atoms with van der Waals surface area (Å²) in [5.74, 6) is 0.452. The minimum absolute atomic E-state index is 0.215. The third-order valence-electron chi connectivity index (χ3n) is 3.32. The molecule has 0 spiro atoms. The molecule has 0 aliphatic rings. The van der Waals surface area contributed by atoms with Gasteiger partial charge in [0, 0.05) is 6.07 Å². The number of rotatable bonds is 6. The summed E-state index contributed by atoms with van der Waals surface area (Å²) < 4.78 is 25.0. The summed E-state index contributed by atoms with van der Waals surface area (Å²) in [5.41, 5.74) is -1.88. The number of benzene rings is 1. The van der Waals surface area contributed by atoms with Crippen molar-refractivity contribution in [2.24, 2.45) is 5.92 Å². The highest BCUT2D eigenvalue weighted by molar-refractivity contribution is 5.33. The molecule has 1 rings (SSSR count). The van der Waals surface area contributed by atoms with Crippen LogP contribution in [0.4, 0.5) is 4.39 Å². The van der Waals surface area contributed by atoms with E-state index >= 15 is 0 Å². The van der Waals surface area contributed by atoms with E-state index in [1.165, 1.54) is 6.07 Å². The number of ether oxygens (including phenoxy) is 2. The average molecular weight is 284 g/mol. The van der Waals surface area contributed by atoms with Gasteiger partial charge in [-0.3, -0.25) is 0 Å². The SMILES string of the molecule is CC(C)COc1ccc(OC(C)(C)C(C)(C)O)cc1F. The highest BCUT2D eigenvalue weighted by Crippen LogP contribution is 2.30. The van der Waals surface area contributed by atoms with E-state index in [0.29, 0.717) is 18.3 Å². The lowest BCUT2D eigenvalue weighted by Crippen LogP contribution is -2.49. The lowest BCUT2D eigenvalue weighted by Gasteiger charge is -2.37. The van der Waals surface area contributed by atoms with Crippen LogP contribution in [0, 0.1) is 11.7 Å². The number of hydrogen-bond donors (Lipinski definition) is 1. The molecular weight excluding hydrogens is 259 g/mol. The van der Waals surface area contributed by atoms with Crippen LogP contribution in [-0.4, -0.2) is 22.9 Å². The number of halogens is 1. The van der Waals surface area contributed by atoms with Gasteiger partial charge in [0.1, 0.15) is 11.4 Å². The Bertz CT molecular complexity index is 448. The van der Waals surface area contributed by atoms with Crippen LogP contribution < -0.4 is 9.47 Å². The maximum atomic E-state index is 13.9. The van der Waals surface area contributed by atoms with Crippen molar-refractivity contribution in [2.75, 3.05) is 6.61 Å². The van der Waals surface area contributed by atoms with Crippen molar-refractivity contribution in [3.8, 4) is 11.5 Å². The van der Waals surface area contributed by atoms with Crippen molar-refractivity contribution in [1.82, 2.24) is 0 Å². The molecule has 0 atom stereocenters. The lowest BCUT2D eigenvalue weighted by atomic mass is 9.89. The summed E-state index contributed by atoms with van der Waals surface area (Å²) >= 11 is 0. The number of hydrogen-bond acceptors (Lipinski definition) is 3. The molecule has 3 nitrogen and oxygen atoms in total. The fraction of sp³-hybridized carbons (Fsp3) is 0.625. The van der Waals surface area contributed by atoms with Crippen LogP contribution in [-0.2, 0) is 0 Å². The van der Waals surface area contributed by atoms with Gasteiger partial charge in [-0.05, 0) is 45.7 Å². The fourth-order valence-corrected chi connectivity index (χ4v) is 1.34. The van der Waals surface area contributed by atoms with Crippen LogP contribution in [0.25, 0.3) is 0 Å². The number of aliphatic hydroxyl groups is 1. The van der Waals surface area contributed by atoms with E-state index < -0.39 is 17.0 Å².